The van der Waals surface area contributed by atoms with E-state index < -0.39 is 0 Å². The first-order chi connectivity index (χ1) is 10.2. The van der Waals surface area contributed by atoms with Gasteiger partial charge < -0.3 is 14.8 Å². The van der Waals surface area contributed by atoms with Crippen LogP contribution >= 0.6 is 0 Å². The standard InChI is InChI=1S/C18H23NO2/c1-14-4-7-18(12-15(14)2)21-17-8-5-16(6-9-17)13-19-10-11-20-3/h4-9,12,19H,10-11,13H2,1-3H3. The number of ether oxygens (including phenoxy) is 2. The lowest BCUT2D eigenvalue weighted by molar-refractivity contribution is 0.199. The van der Waals surface area contributed by atoms with Gasteiger partial charge in [0.25, 0.3) is 0 Å². The monoisotopic (exact) mass is 285 g/mol. The van der Waals surface area contributed by atoms with Gasteiger partial charge in [0.15, 0.2) is 0 Å². The van der Waals surface area contributed by atoms with Crippen molar-refractivity contribution < 1.29 is 9.47 Å². The van der Waals surface area contributed by atoms with Crippen molar-refractivity contribution in [3.63, 3.8) is 0 Å². The summed E-state index contributed by atoms with van der Waals surface area (Å²) in [6, 6.07) is 14.3. The van der Waals surface area contributed by atoms with Crippen molar-refractivity contribution in [1.29, 1.82) is 0 Å². The van der Waals surface area contributed by atoms with Crippen molar-refractivity contribution in [3.8, 4) is 11.5 Å². The molecule has 0 radical (unpaired) electrons. The lowest BCUT2D eigenvalue weighted by atomic mass is 10.1. The molecule has 0 aromatic heterocycles. The second kappa shape index (κ2) is 7.81. The molecule has 0 saturated carbocycles. The molecule has 21 heavy (non-hydrogen) atoms. The fraction of sp³-hybridized carbons (Fsp3) is 0.333. The summed E-state index contributed by atoms with van der Waals surface area (Å²) in [4.78, 5) is 0. The number of methoxy groups -OCH3 is 1. The molecule has 0 aliphatic rings. The highest BCUT2D eigenvalue weighted by Gasteiger charge is 2.00. The van der Waals surface area contributed by atoms with Gasteiger partial charge in [-0.1, -0.05) is 18.2 Å². The SMILES string of the molecule is COCCNCc1ccc(Oc2ccc(C)c(C)c2)cc1. The summed E-state index contributed by atoms with van der Waals surface area (Å²) >= 11 is 0. The summed E-state index contributed by atoms with van der Waals surface area (Å²) in [5, 5.41) is 3.32. The smallest absolute Gasteiger partial charge is 0.127 e. The normalized spacial score (nSPS) is 10.6. The van der Waals surface area contributed by atoms with Crippen molar-refractivity contribution in [3.05, 3.63) is 59.2 Å². The van der Waals surface area contributed by atoms with Crippen LogP contribution in [0.15, 0.2) is 42.5 Å². The molecule has 2 aromatic rings. The van der Waals surface area contributed by atoms with E-state index in [2.05, 4.69) is 43.4 Å². The quantitative estimate of drug-likeness (QED) is 0.784. The number of nitrogens with one attached hydrogen (secondary N) is 1. The lowest BCUT2D eigenvalue weighted by Gasteiger charge is -2.09. The second-order valence-corrected chi connectivity index (χ2v) is 5.16. The van der Waals surface area contributed by atoms with Crippen LogP contribution in [0, 0.1) is 13.8 Å². The molecule has 0 saturated heterocycles. The molecule has 3 heteroatoms. The molecule has 0 atom stereocenters. The van der Waals surface area contributed by atoms with Crippen LogP contribution in [0.5, 0.6) is 11.5 Å². The minimum Gasteiger partial charge on any atom is -0.457 e. The zero-order valence-corrected chi connectivity index (χ0v) is 13.0. The van der Waals surface area contributed by atoms with Gasteiger partial charge >= 0.3 is 0 Å². The first-order valence-electron chi connectivity index (χ1n) is 7.23. The summed E-state index contributed by atoms with van der Waals surface area (Å²) in [5.74, 6) is 1.74. The van der Waals surface area contributed by atoms with Crippen LogP contribution in [-0.2, 0) is 11.3 Å². The predicted molar refractivity (Wildman–Crippen MR) is 86.0 cm³/mol. The Morgan fingerprint density at radius 1 is 0.905 bits per heavy atom. The Morgan fingerprint density at radius 2 is 1.62 bits per heavy atom. The molecule has 2 rings (SSSR count). The zero-order valence-electron chi connectivity index (χ0n) is 13.0. The van der Waals surface area contributed by atoms with Crippen molar-refractivity contribution >= 4 is 0 Å². The van der Waals surface area contributed by atoms with Gasteiger partial charge in [-0.25, -0.2) is 0 Å². The van der Waals surface area contributed by atoms with E-state index in [0.29, 0.717) is 0 Å². The van der Waals surface area contributed by atoms with E-state index in [1.807, 2.05) is 18.2 Å². The van der Waals surface area contributed by atoms with Gasteiger partial charge in [0.2, 0.25) is 0 Å². The molecule has 2 aromatic carbocycles. The molecule has 0 aliphatic carbocycles. The molecular weight excluding hydrogens is 262 g/mol. The van der Waals surface area contributed by atoms with Crippen LogP contribution in [0.3, 0.4) is 0 Å². The molecule has 112 valence electrons. The van der Waals surface area contributed by atoms with E-state index in [1.54, 1.807) is 7.11 Å². The Morgan fingerprint density at radius 3 is 2.29 bits per heavy atom. The zero-order chi connectivity index (χ0) is 15.1. The molecule has 0 amide bonds. The largest absolute Gasteiger partial charge is 0.457 e. The molecular formula is C18H23NO2. The van der Waals surface area contributed by atoms with Crippen LogP contribution in [0.4, 0.5) is 0 Å². The van der Waals surface area contributed by atoms with E-state index in [9.17, 15) is 0 Å². The van der Waals surface area contributed by atoms with Gasteiger partial charge in [-0.3, -0.25) is 0 Å². The maximum absolute atomic E-state index is 5.87. The Labute approximate surface area is 126 Å². The first kappa shape index (κ1) is 15.5. The minimum atomic E-state index is 0.730. The average Bonchev–Trinajstić information content (AvgIpc) is 2.49. The van der Waals surface area contributed by atoms with E-state index in [1.165, 1.54) is 16.7 Å². The van der Waals surface area contributed by atoms with Crippen molar-refractivity contribution in [2.45, 2.75) is 20.4 Å². The highest BCUT2D eigenvalue weighted by Crippen LogP contribution is 2.23. The molecule has 0 fully saturated rings. The number of aryl methyl sites for hydroxylation is 2. The first-order valence-corrected chi connectivity index (χ1v) is 7.23. The minimum absolute atomic E-state index is 0.730. The number of rotatable bonds is 7. The topological polar surface area (TPSA) is 30.5 Å². The number of benzene rings is 2. The van der Waals surface area contributed by atoms with Gasteiger partial charge in [-0.2, -0.15) is 0 Å². The summed E-state index contributed by atoms with van der Waals surface area (Å²) in [5.41, 5.74) is 3.75. The molecule has 3 nitrogen and oxygen atoms in total. The van der Waals surface area contributed by atoms with E-state index >= 15 is 0 Å². The van der Waals surface area contributed by atoms with Gasteiger partial charge in [-0.15, -0.1) is 0 Å². The third kappa shape index (κ3) is 4.88. The summed E-state index contributed by atoms with van der Waals surface area (Å²) in [6.07, 6.45) is 0. The van der Waals surface area contributed by atoms with Gasteiger partial charge in [0, 0.05) is 20.2 Å². The number of hydrogen-bond acceptors (Lipinski definition) is 3. The summed E-state index contributed by atoms with van der Waals surface area (Å²) in [7, 11) is 1.71. The Balaban J connectivity index is 1.91. The lowest BCUT2D eigenvalue weighted by Crippen LogP contribution is -2.18. The summed E-state index contributed by atoms with van der Waals surface area (Å²) in [6.45, 7) is 6.63. The fourth-order valence-corrected chi connectivity index (χ4v) is 2.00. The predicted octanol–water partition coefficient (Wildman–Crippen LogP) is 3.83. The van der Waals surface area contributed by atoms with Crippen LogP contribution in [0.1, 0.15) is 16.7 Å². The molecule has 0 spiro atoms. The van der Waals surface area contributed by atoms with Crippen LogP contribution < -0.4 is 10.1 Å². The van der Waals surface area contributed by atoms with E-state index in [4.69, 9.17) is 9.47 Å². The average molecular weight is 285 g/mol. The van der Waals surface area contributed by atoms with Crippen LogP contribution in [-0.4, -0.2) is 20.3 Å². The highest BCUT2D eigenvalue weighted by atomic mass is 16.5. The van der Waals surface area contributed by atoms with Gasteiger partial charge in [0.05, 0.1) is 6.61 Å². The summed E-state index contributed by atoms with van der Waals surface area (Å²) < 4.78 is 10.9. The molecule has 1 N–H and O–H groups in total. The second-order valence-electron chi connectivity index (χ2n) is 5.16. The molecule has 0 aliphatic heterocycles. The van der Waals surface area contributed by atoms with Crippen LogP contribution in [0.25, 0.3) is 0 Å². The van der Waals surface area contributed by atoms with E-state index in [0.717, 1.165) is 31.2 Å². The maximum atomic E-state index is 5.87. The molecule has 0 heterocycles. The Bertz CT molecular complexity index is 564. The third-order valence-electron chi connectivity index (χ3n) is 3.45. The van der Waals surface area contributed by atoms with E-state index in [-0.39, 0.29) is 0 Å². The third-order valence-corrected chi connectivity index (χ3v) is 3.45. The Kier molecular flexibility index (Phi) is 5.78. The molecule has 0 unspecified atom stereocenters. The van der Waals surface area contributed by atoms with Crippen molar-refractivity contribution in [2.75, 3.05) is 20.3 Å². The van der Waals surface area contributed by atoms with Crippen LogP contribution in [0.2, 0.25) is 0 Å². The van der Waals surface area contributed by atoms with Gasteiger partial charge in [-0.05, 0) is 54.8 Å². The Hall–Kier alpha value is -1.84. The van der Waals surface area contributed by atoms with Crippen molar-refractivity contribution in [2.24, 2.45) is 0 Å². The fourth-order valence-electron chi connectivity index (χ4n) is 2.00. The molecule has 0 bridgehead atoms. The maximum Gasteiger partial charge on any atom is 0.127 e. The van der Waals surface area contributed by atoms with Gasteiger partial charge in [0.1, 0.15) is 11.5 Å². The van der Waals surface area contributed by atoms with Crippen molar-refractivity contribution in [1.82, 2.24) is 5.32 Å². The number of hydrogen-bond donors (Lipinski definition) is 1. The highest BCUT2D eigenvalue weighted by molar-refractivity contribution is 5.37.